The molecular formula is C16H29N3O3. The van der Waals surface area contributed by atoms with Crippen molar-refractivity contribution in [2.24, 2.45) is 0 Å². The molecule has 6 heteroatoms. The lowest BCUT2D eigenvalue weighted by Crippen LogP contribution is -2.52. The fraction of sp³-hybridized carbons (Fsp3) is 0.875. The quantitative estimate of drug-likeness (QED) is 0.790. The summed E-state index contributed by atoms with van der Waals surface area (Å²) in [4.78, 5) is 29.9. The molecule has 22 heavy (non-hydrogen) atoms. The third-order valence-electron chi connectivity index (χ3n) is 4.77. The van der Waals surface area contributed by atoms with Crippen LogP contribution >= 0.6 is 0 Å². The number of hydrogen-bond acceptors (Lipinski definition) is 4. The molecule has 1 aliphatic heterocycles. The van der Waals surface area contributed by atoms with E-state index in [1.807, 2.05) is 18.9 Å². The van der Waals surface area contributed by atoms with Crippen LogP contribution in [0.2, 0.25) is 0 Å². The van der Waals surface area contributed by atoms with Gasteiger partial charge < -0.3 is 14.5 Å². The van der Waals surface area contributed by atoms with Gasteiger partial charge in [0, 0.05) is 39.3 Å². The van der Waals surface area contributed by atoms with Gasteiger partial charge in [0.2, 0.25) is 5.91 Å². The summed E-state index contributed by atoms with van der Waals surface area (Å²) in [7, 11) is 1.94. The maximum absolute atomic E-state index is 12.4. The van der Waals surface area contributed by atoms with Gasteiger partial charge in [0.05, 0.1) is 13.2 Å². The predicted molar refractivity (Wildman–Crippen MR) is 84.7 cm³/mol. The molecule has 0 aromatic rings. The second kappa shape index (κ2) is 8.36. The van der Waals surface area contributed by atoms with Gasteiger partial charge >= 0.3 is 6.09 Å². The van der Waals surface area contributed by atoms with Crippen molar-refractivity contribution in [3.05, 3.63) is 0 Å². The Bertz CT molecular complexity index is 375. The van der Waals surface area contributed by atoms with Crippen molar-refractivity contribution in [2.75, 3.05) is 46.4 Å². The molecule has 0 atom stereocenters. The molecule has 1 heterocycles. The van der Waals surface area contributed by atoms with Crippen LogP contribution in [0.25, 0.3) is 0 Å². The number of rotatable bonds is 4. The number of hydrogen-bond donors (Lipinski definition) is 0. The minimum absolute atomic E-state index is 0.205. The van der Waals surface area contributed by atoms with Crippen LogP contribution in [0.1, 0.15) is 39.0 Å². The zero-order chi connectivity index (χ0) is 15.9. The second-order valence-electron chi connectivity index (χ2n) is 6.26. The van der Waals surface area contributed by atoms with E-state index < -0.39 is 0 Å². The van der Waals surface area contributed by atoms with E-state index >= 15 is 0 Å². The van der Waals surface area contributed by atoms with Gasteiger partial charge in [-0.15, -0.1) is 0 Å². The minimum Gasteiger partial charge on any atom is -0.450 e. The SMILES string of the molecule is CCOC(=O)N1CCN(CC(=O)N(C)C2CCCCC2)CC1. The first-order valence-corrected chi connectivity index (χ1v) is 8.51. The smallest absolute Gasteiger partial charge is 0.409 e. The Balaban J connectivity index is 1.73. The number of ether oxygens (including phenoxy) is 1. The van der Waals surface area contributed by atoms with E-state index in [2.05, 4.69) is 4.90 Å². The first kappa shape index (κ1) is 17.1. The van der Waals surface area contributed by atoms with Gasteiger partial charge in [0.15, 0.2) is 0 Å². The first-order chi connectivity index (χ1) is 10.6. The van der Waals surface area contributed by atoms with Crippen LogP contribution in [0.3, 0.4) is 0 Å². The highest BCUT2D eigenvalue weighted by molar-refractivity contribution is 5.78. The van der Waals surface area contributed by atoms with Crippen LogP contribution in [-0.2, 0) is 9.53 Å². The lowest BCUT2D eigenvalue weighted by Gasteiger charge is -2.36. The maximum atomic E-state index is 12.4. The zero-order valence-electron chi connectivity index (χ0n) is 13.9. The molecule has 2 aliphatic rings. The molecule has 2 rings (SSSR count). The van der Waals surface area contributed by atoms with E-state index in [1.54, 1.807) is 4.90 Å². The summed E-state index contributed by atoms with van der Waals surface area (Å²) in [6.45, 7) is 5.44. The normalized spacial score (nSPS) is 20.7. The maximum Gasteiger partial charge on any atom is 0.409 e. The fourth-order valence-corrected chi connectivity index (χ4v) is 3.28. The van der Waals surface area contributed by atoms with E-state index in [0.717, 1.165) is 25.9 Å². The van der Waals surface area contributed by atoms with Gasteiger partial charge in [0.1, 0.15) is 0 Å². The molecule has 6 nitrogen and oxygen atoms in total. The Morgan fingerprint density at radius 2 is 1.73 bits per heavy atom. The minimum atomic E-state index is -0.243. The summed E-state index contributed by atoms with van der Waals surface area (Å²) in [5, 5.41) is 0. The van der Waals surface area contributed by atoms with E-state index in [9.17, 15) is 9.59 Å². The molecule has 2 fully saturated rings. The van der Waals surface area contributed by atoms with Crippen molar-refractivity contribution in [1.29, 1.82) is 0 Å². The van der Waals surface area contributed by atoms with Crippen molar-refractivity contribution in [2.45, 2.75) is 45.1 Å². The molecule has 0 radical (unpaired) electrons. The summed E-state index contributed by atoms with van der Waals surface area (Å²) >= 11 is 0. The van der Waals surface area contributed by atoms with Gasteiger partial charge in [-0.1, -0.05) is 19.3 Å². The van der Waals surface area contributed by atoms with Crippen LogP contribution < -0.4 is 0 Å². The highest BCUT2D eigenvalue weighted by Crippen LogP contribution is 2.21. The molecule has 1 saturated carbocycles. The van der Waals surface area contributed by atoms with Crippen molar-refractivity contribution in [1.82, 2.24) is 14.7 Å². The van der Waals surface area contributed by atoms with E-state index in [1.165, 1.54) is 19.3 Å². The van der Waals surface area contributed by atoms with Gasteiger partial charge in [-0.25, -0.2) is 4.79 Å². The average Bonchev–Trinajstić information content (AvgIpc) is 2.55. The Labute approximate surface area is 133 Å². The molecule has 0 aromatic carbocycles. The summed E-state index contributed by atoms with van der Waals surface area (Å²) in [6.07, 6.45) is 5.81. The number of piperazine rings is 1. The lowest BCUT2D eigenvalue weighted by atomic mass is 9.94. The Kier molecular flexibility index (Phi) is 6.49. The molecule has 126 valence electrons. The fourth-order valence-electron chi connectivity index (χ4n) is 3.28. The molecule has 2 amide bonds. The Morgan fingerprint density at radius 3 is 2.32 bits per heavy atom. The summed E-state index contributed by atoms with van der Waals surface area (Å²) in [5.41, 5.74) is 0. The lowest BCUT2D eigenvalue weighted by molar-refractivity contribution is -0.134. The second-order valence-corrected chi connectivity index (χ2v) is 6.26. The molecule has 0 bridgehead atoms. The van der Waals surface area contributed by atoms with Gasteiger partial charge in [-0.2, -0.15) is 0 Å². The third-order valence-corrected chi connectivity index (χ3v) is 4.77. The van der Waals surface area contributed by atoms with Crippen LogP contribution in [0.5, 0.6) is 0 Å². The Morgan fingerprint density at radius 1 is 1.09 bits per heavy atom. The first-order valence-electron chi connectivity index (χ1n) is 8.51. The number of carbonyl (C=O) groups excluding carboxylic acids is 2. The molecular weight excluding hydrogens is 282 g/mol. The summed E-state index contributed by atoms with van der Waals surface area (Å²) < 4.78 is 5.01. The van der Waals surface area contributed by atoms with Gasteiger partial charge in [-0.05, 0) is 19.8 Å². The topological polar surface area (TPSA) is 53.1 Å². The highest BCUT2D eigenvalue weighted by atomic mass is 16.6. The van der Waals surface area contributed by atoms with Gasteiger partial charge in [0.25, 0.3) is 0 Å². The van der Waals surface area contributed by atoms with Crippen LogP contribution in [-0.4, -0.2) is 79.1 Å². The predicted octanol–water partition coefficient (Wildman–Crippen LogP) is 1.55. The van der Waals surface area contributed by atoms with Crippen molar-refractivity contribution < 1.29 is 14.3 Å². The Hall–Kier alpha value is -1.30. The zero-order valence-corrected chi connectivity index (χ0v) is 13.9. The largest absolute Gasteiger partial charge is 0.450 e. The van der Waals surface area contributed by atoms with Crippen LogP contribution in [0.15, 0.2) is 0 Å². The standard InChI is InChI=1S/C16H29N3O3/c1-3-22-16(21)19-11-9-18(10-12-19)13-15(20)17(2)14-7-5-4-6-8-14/h14H,3-13H2,1-2H3. The molecule has 0 N–H and O–H groups in total. The van der Waals surface area contributed by atoms with Gasteiger partial charge in [-0.3, -0.25) is 9.69 Å². The summed E-state index contributed by atoms with van der Waals surface area (Å²) in [6, 6.07) is 0.419. The van der Waals surface area contributed by atoms with Crippen molar-refractivity contribution in [3.8, 4) is 0 Å². The molecule has 0 unspecified atom stereocenters. The molecule has 0 spiro atoms. The number of carbonyl (C=O) groups is 2. The number of nitrogens with zero attached hydrogens (tertiary/aromatic N) is 3. The van der Waals surface area contributed by atoms with E-state index in [4.69, 9.17) is 4.74 Å². The van der Waals surface area contributed by atoms with E-state index in [0.29, 0.717) is 32.3 Å². The monoisotopic (exact) mass is 311 g/mol. The van der Waals surface area contributed by atoms with Crippen molar-refractivity contribution in [3.63, 3.8) is 0 Å². The van der Waals surface area contributed by atoms with Crippen LogP contribution in [0.4, 0.5) is 4.79 Å². The summed E-state index contributed by atoms with van der Waals surface area (Å²) in [5.74, 6) is 0.205. The highest BCUT2D eigenvalue weighted by Gasteiger charge is 2.26. The molecule has 1 aliphatic carbocycles. The molecule has 1 saturated heterocycles. The van der Waals surface area contributed by atoms with E-state index in [-0.39, 0.29) is 12.0 Å². The molecule has 0 aromatic heterocycles. The van der Waals surface area contributed by atoms with Crippen molar-refractivity contribution >= 4 is 12.0 Å². The average molecular weight is 311 g/mol. The number of amides is 2. The van der Waals surface area contributed by atoms with Crippen LogP contribution in [0, 0.1) is 0 Å². The number of likely N-dealkylation sites (N-methyl/N-ethyl adjacent to an activating group) is 1. The third kappa shape index (κ3) is 4.60.